The summed E-state index contributed by atoms with van der Waals surface area (Å²) in [6.07, 6.45) is 0. The van der Waals surface area contributed by atoms with Crippen molar-refractivity contribution in [2.45, 2.75) is 0 Å². The quantitative estimate of drug-likeness (QED) is 0.420. The smallest absolute Gasteiger partial charge is 0.267 e. The van der Waals surface area contributed by atoms with Crippen LogP contribution in [0.1, 0.15) is 0 Å². The molecule has 0 saturated heterocycles. The Bertz CT molecular complexity index is 1600. The lowest BCUT2D eigenvalue weighted by Crippen LogP contribution is -2.24. The van der Waals surface area contributed by atoms with Gasteiger partial charge in [0.05, 0.1) is 29.2 Å². The summed E-state index contributed by atoms with van der Waals surface area (Å²) < 4.78 is 8.72. The molecule has 0 fully saturated rings. The van der Waals surface area contributed by atoms with Crippen molar-refractivity contribution in [3.8, 4) is 23.0 Å². The van der Waals surface area contributed by atoms with E-state index in [1.54, 1.807) is 11.7 Å². The van der Waals surface area contributed by atoms with Crippen molar-refractivity contribution in [3.05, 3.63) is 83.2 Å². The van der Waals surface area contributed by atoms with Gasteiger partial charge in [0, 0.05) is 5.39 Å². The van der Waals surface area contributed by atoms with E-state index in [1.165, 1.54) is 0 Å². The summed E-state index contributed by atoms with van der Waals surface area (Å²) in [5.74, 6) is 1.78. The van der Waals surface area contributed by atoms with E-state index >= 15 is 0 Å². The maximum Gasteiger partial charge on any atom is 0.267 e. The van der Waals surface area contributed by atoms with Gasteiger partial charge >= 0.3 is 0 Å². The molecular formula is C23H15N5O2. The van der Waals surface area contributed by atoms with Crippen LogP contribution in [0.4, 0.5) is 0 Å². The van der Waals surface area contributed by atoms with Gasteiger partial charge < -0.3 is 4.74 Å². The molecule has 2 aliphatic heterocycles. The van der Waals surface area contributed by atoms with E-state index < -0.39 is 0 Å². The van der Waals surface area contributed by atoms with Crippen LogP contribution in [0.15, 0.2) is 77.6 Å². The number of para-hydroxylation sites is 2. The molecule has 3 heterocycles. The van der Waals surface area contributed by atoms with E-state index in [0.29, 0.717) is 34.1 Å². The fourth-order valence-corrected chi connectivity index (χ4v) is 3.94. The van der Waals surface area contributed by atoms with Gasteiger partial charge in [-0.2, -0.15) is 0 Å². The molecule has 0 aliphatic carbocycles. The van der Waals surface area contributed by atoms with Crippen LogP contribution in [-0.4, -0.2) is 31.3 Å². The first-order chi connectivity index (χ1) is 14.8. The Morgan fingerprint density at radius 1 is 0.833 bits per heavy atom. The third-order valence-electron chi connectivity index (χ3n) is 5.36. The molecule has 0 amide bonds. The molecule has 2 aliphatic rings. The van der Waals surface area contributed by atoms with Crippen LogP contribution in [0.3, 0.4) is 0 Å². The molecule has 7 nitrogen and oxygen atoms in total. The highest BCUT2D eigenvalue weighted by Gasteiger charge is 2.22. The monoisotopic (exact) mass is 393 g/mol. The SMILES string of the molecule is COc1ccc(-n2c(=O)c3ccccc3n3c4nc5ccccc5c-4nnc23)cc1. The third kappa shape index (κ3) is 2.20. The van der Waals surface area contributed by atoms with Gasteiger partial charge in [-0.15, -0.1) is 10.2 Å². The van der Waals surface area contributed by atoms with Crippen LogP contribution >= 0.6 is 0 Å². The maximum atomic E-state index is 13.4. The van der Waals surface area contributed by atoms with E-state index in [2.05, 4.69) is 10.2 Å². The van der Waals surface area contributed by atoms with Gasteiger partial charge in [-0.25, -0.2) is 9.55 Å². The third-order valence-corrected chi connectivity index (χ3v) is 5.36. The van der Waals surface area contributed by atoms with Crippen LogP contribution < -0.4 is 10.3 Å². The molecule has 0 unspecified atom stereocenters. The Morgan fingerprint density at radius 3 is 2.37 bits per heavy atom. The molecule has 6 rings (SSSR count). The zero-order chi connectivity index (χ0) is 20.2. The average Bonchev–Trinajstić information content (AvgIpc) is 3.18. The van der Waals surface area contributed by atoms with E-state index in [9.17, 15) is 4.79 Å². The second-order valence-corrected chi connectivity index (χ2v) is 6.99. The number of hydrogen-bond acceptors (Lipinski definition) is 5. The summed E-state index contributed by atoms with van der Waals surface area (Å²) in [5.41, 5.74) is 2.79. The molecule has 4 aromatic rings. The van der Waals surface area contributed by atoms with Gasteiger partial charge in [0.1, 0.15) is 11.4 Å². The second kappa shape index (κ2) is 6.12. The van der Waals surface area contributed by atoms with Gasteiger partial charge in [0.25, 0.3) is 5.56 Å². The predicted octanol–water partition coefficient (Wildman–Crippen LogP) is 3.70. The lowest BCUT2D eigenvalue weighted by molar-refractivity contribution is 0.414. The van der Waals surface area contributed by atoms with Gasteiger partial charge in [-0.3, -0.25) is 9.20 Å². The zero-order valence-electron chi connectivity index (χ0n) is 16.0. The van der Waals surface area contributed by atoms with Gasteiger partial charge in [0.15, 0.2) is 5.82 Å². The molecule has 1 aromatic heterocycles. The van der Waals surface area contributed by atoms with Gasteiger partial charge in [-0.1, -0.05) is 30.3 Å². The predicted molar refractivity (Wildman–Crippen MR) is 115 cm³/mol. The minimum atomic E-state index is -0.166. The first kappa shape index (κ1) is 16.7. The van der Waals surface area contributed by atoms with Crippen LogP contribution in [-0.2, 0) is 0 Å². The summed E-state index contributed by atoms with van der Waals surface area (Å²) in [6.45, 7) is 0. The molecule has 3 aromatic carbocycles. The molecule has 30 heavy (non-hydrogen) atoms. The van der Waals surface area contributed by atoms with Crippen molar-refractivity contribution < 1.29 is 4.74 Å². The zero-order valence-corrected chi connectivity index (χ0v) is 16.0. The van der Waals surface area contributed by atoms with E-state index in [1.807, 2.05) is 77.2 Å². The second-order valence-electron chi connectivity index (χ2n) is 6.99. The molecule has 0 bridgehead atoms. The Hall–Kier alpha value is -4.26. The number of rotatable bonds is 2. The van der Waals surface area contributed by atoms with Crippen molar-refractivity contribution in [2.24, 2.45) is 0 Å². The molecular weight excluding hydrogens is 378 g/mol. The largest absolute Gasteiger partial charge is 0.497 e. The lowest BCUT2D eigenvalue weighted by atomic mass is 10.2. The molecule has 144 valence electrons. The number of aromatic nitrogens is 5. The van der Waals surface area contributed by atoms with Crippen molar-refractivity contribution in [1.29, 1.82) is 0 Å². The maximum absolute atomic E-state index is 13.4. The minimum Gasteiger partial charge on any atom is -0.497 e. The first-order valence-electron chi connectivity index (χ1n) is 9.48. The average molecular weight is 393 g/mol. The van der Waals surface area contributed by atoms with E-state index in [-0.39, 0.29) is 5.56 Å². The van der Waals surface area contributed by atoms with Crippen molar-refractivity contribution in [1.82, 2.24) is 24.1 Å². The van der Waals surface area contributed by atoms with Crippen LogP contribution in [0.5, 0.6) is 5.75 Å². The number of methoxy groups -OCH3 is 1. The lowest BCUT2D eigenvalue weighted by Gasteiger charge is -2.15. The number of hydrogen-bond donors (Lipinski definition) is 0. The normalized spacial score (nSPS) is 11.6. The highest BCUT2D eigenvalue weighted by atomic mass is 16.5. The number of benzene rings is 3. The van der Waals surface area contributed by atoms with Crippen LogP contribution in [0, 0.1) is 0 Å². The molecule has 0 atom stereocenters. The fraction of sp³-hybridized carbons (Fsp3) is 0.0435. The summed E-state index contributed by atoms with van der Waals surface area (Å²) in [7, 11) is 1.61. The highest BCUT2D eigenvalue weighted by Crippen LogP contribution is 2.30. The minimum absolute atomic E-state index is 0.166. The molecule has 7 heteroatoms. The first-order valence-corrected chi connectivity index (χ1v) is 9.48. The van der Waals surface area contributed by atoms with Crippen LogP contribution in [0.25, 0.3) is 44.8 Å². The van der Waals surface area contributed by atoms with Crippen molar-refractivity contribution in [2.75, 3.05) is 7.11 Å². The Labute approximate surface area is 170 Å². The van der Waals surface area contributed by atoms with Crippen molar-refractivity contribution in [3.63, 3.8) is 0 Å². The summed E-state index contributed by atoms with van der Waals surface area (Å²) >= 11 is 0. The molecule has 0 N–H and O–H groups in total. The summed E-state index contributed by atoms with van der Waals surface area (Å²) in [5, 5.41) is 10.4. The standard InChI is InChI=1S/C23H15N5O2/c1-30-15-12-10-14(11-13-15)27-22(29)17-7-3-5-9-19(17)28-21-20(25-26-23(27)28)16-6-2-4-8-18(16)24-21/h2-13H,1H3. The number of ether oxygens (including phenoxy) is 1. The van der Waals surface area contributed by atoms with Gasteiger partial charge in [-0.05, 0) is 42.5 Å². The number of nitrogens with zero attached hydrogens (tertiary/aromatic N) is 5. The Kier molecular flexibility index (Phi) is 3.40. The highest BCUT2D eigenvalue weighted by molar-refractivity contribution is 5.96. The topological polar surface area (TPSA) is 74.3 Å². The van der Waals surface area contributed by atoms with E-state index in [0.717, 1.165) is 16.4 Å². The summed E-state index contributed by atoms with van der Waals surface area (Å²) in [6, 6.07) is 22.6. The summed E-state index contributed by atoms with van der Waals surface area (Å²) in [4.78, 5) is 18.2. The molecule has 0 saturated carbocycles. The van der Waals surface area contributed by atoms with E-state index in [4.69, 9.17) is 9.72 Å². The number of fused-ring (bicyclic) bond motifs is 7. The molecule has 0 radical (unpaired) electrons. The van der Waals surface area contributed by atoms with Crippen molar-refractivity contribution >= 4 is 27.6 Å². The Balaban J connectivity index is 1.83. The van der Waals surface area contributed by atoms with Gasteiger partial charge in [0.2, 0.25) is 5.78 Å². The Morgan fingerprint density at radius 2 is 1.57 bits per heavy atom. The fourth-order valence-electron chi connectivity index (χ4n) is 3.94. The van der Waals surface area contributed by atoms with Crippen LogP contribution in [0.2, 0.25) is 0 Å². The molecule has 0 spiro atoms.